The van der Waals surface area contributed by atoms with Crippen LogP contribution < -0.4 is 14.8 Å². The summed E-state index contributed by atoms with van der Waals surface area (Å²) in [7, 11) is 1.63. The number of carbonyl (C=O) groups is 1. The van der Waals surface area contributed by atoms with E-state index in [4.69, 9.17) is 9.47 Å². The number of carbonyl (C=O) groups excluding carboxylic acids is 1. The average Bonchev–Trinajstić information content (AvgIpc) is 2.70. The van der Waals surface area contributed by atoms with E-state index in [2.05, 4.69) is 24.1 Å². The highest BCUT2D eigenvalue weighted by Gasteiger charge is 2.25. The maximum absolute atomic E-state index is 12.8. The van der Waals surface area contributed by atoms with Crippen LogP contribution in [-0.4, -0.2) is 44.2 Å². The van der Waals surface area contributed by atoms with Crippen LogP contribution in [0.3, 0.4) is 0 Å². The van der Waals surface area contributed by atoms with Gasteiger partial charge in [-0.2, -0.15) is 0 Å². The third kappa shape index (κ3) is 5.49. The SMILES string of the molecule is CCN(CC)C(C(=O)NCCOc1ccc(OC)cc1)c1ccccc1. The number of amides is 1. The summed E-state index contributed by atoms with van der Waals surface area (Å²) < 4.78 is 10.8. The molecular weight excluding hydrogens is 328 g/mol. The number of benzene rings is 2. The standard InChI is InChI=1S/C21H28N2O3/c1-4-23(5-2)20(17-9-7-6-8-10-17)21(24)22-15-16-26-19-13-11-18(25-3)12-14-19/h6-14,20H,4-5,15-16H2,1-3H3,(H,22,24). The van der Waals surface area contributed by atoms with Crippen LogP contribution in [0, 0.1) is 0 Å². The fourth-order valence-corrected chi connectivity index (χ4v) is 2.86. The highest BCUT2D eigenvalue weighted by atomic mass is 16.5. The molecule has 5 heteroatoms. The molecule has 0 aliphatic rings. The van der Waals surface area contributed by atoms with E-state index in [0.29, 0.717) is 13.2 Å². The van der Waals surface area contributed by atoms with Gasteiger partial charge in [0.05, 0.1) is 13.7 Å². The lowest BCUT2D eigenvalue weighted by atomic mass is 10.0. The summed E-state index contributed by atoms with van der Waals surface area (Å²) in [6, 6.07) is 17.0. The Hall–Kier alpha value is -2.53. The zero-order valence-electron chi connectivity index (χ0n) is 15.8. The van der Waals surface area contributed by atoms with Gasteiger partial charge in [-0.1, -0.05) is 44.2 Å². The number of hydrogen-bond donors (Lipinski definition) is 1. The summed E-state index contributed by atoms with van der Waals surface area (Å²) in [5.74, 6) is 1.54. The number of nitrogens with zero attached hydrogens (tertiary/aromatic N) is 1. The van der Waals surface area contributed by atoms with Crippen molar-refractivity contribution >= 4 is 5.91 Å². The Morgan fingerprint density at radius 3 is 2.19 bits per heavy atom. The molecule has 0 fully saturated rings. The van der Waals surface area contributed by atoms with Crippen LogP contribution in [0.4, 0.5) is 0 Å². The Labute approximate surface area is 155 Å². The van der Waals surface area contributed by atoms with Crippen molar-refractivity contribution in [3.05, 3.63) is 60.2 Å². The highest BCUT2D eigenvalue weighted by Crippen LogP contribution is 2.20. The number of likely N-dealkylation sites (N-methyl/N-ethyl adjacent to an activating group) is 1. The largest absolute Gasteiger partial charge is 0.497 e. The van der Waals surface area contributed by atoms with Crippen LogP contribution in [0.5, 0.6) is 11.5 Å². The van der Waals surface area contributed by atoms with Gasteiger partial charge < -0.3 is 14.8 Å². The Balaban J connectivity index is 1.90. The maximum Gasteiger partial charge on any atom is 0.242 e. The number of hydrogen-bond acceptors (Lipinski definition) is 4. The maximum atomic E-state index is 12.8. The molecule has 5 nitrogen and oxygen atoms in total. The molecular formula is C21H28N2O3. The minimum Gasteiger partial charge on any atom is -0.497 e. The smallest absolute Gasteiger partial charge is 0.242 e. The van der Waals surface area contributed by atoms with Crippen LogP contribution >= 0.6 is 0 Å². The van der Waals surface area contributed by atoms with E-state index < -0.39 is 0 Å². The van der Waals surface area contributed by atoms with E-state index in [0.717, 1.165) is 30.2 Å². The van der Waals surface area contributed by atoms with Crippen molar-refractivity contribution < 1.29 is 14.3 Å². The Bertz CT molecular complexity index is 655. The third-order valence-electron chi connectivity index (χ3n) is 4.27. The van der Waals surface area contributed by atoms with Crippen LogP contribution in [0.15, 0.2) is 54.6 Å². The van der Waals surface area contributed by atoms with Gasteiger partial charge in [0, 0.05) is 0 Å². The van der Waals surface area contributed by atoms with Crippen LogP contribution in [0.2, 0.25) is 0 Å². The second kappa shape index (κ2) is 10.5. The van der Waals surface area contributed by atoms with Gasteiger partial charge in [-0.05, 0) is 42.9 Å². The molecule has 0 aromatic heterocycles. The van der Waals surface area contributed by atoms with E-state index in [1.165, 1.54) is 0 Å². The number of rotatable bonds is 10. The summed E-state index contributed by atoms with van der Waals surface area (Å²) >= 11 is 0. The third-order valence-corrected chi connectivity index (χ3v) is 4.27. The molecule has 0 aliphatic heterocycles. The molecule has 1 unspecified atom stereocenters. The van der Waals surface area contributed by atoms with Gasteiger partial charge in [0.15, 0.2) is 0 Å². The lowest BCUT2D eigenvalue weighted by Gasteiger charge is -2.29. The molecule has 0 aliphatic carbocycles. The zero-order valence-corrected chi connectivity index (χ0v) is 15.8. The molecule has 2 rings (SSSR count). The molecule has 0 saturated carbocycles. The first kappa shape index (κ1) is 19.8. The molecule has 1 amide bonds. The van der Waals surface area contributed by atoms with Gasteiger partial charge in [0.2, 0.25) is 5.91 Å². The van der Waals surface area contributed by atoms with Crippen molar-refractivity contribution in [1.82, 2.24) is 10.2 Å². The van der Waals surface area contributed by atoms with E-state index in [1.807, 2.05) is 54.6 Å². The Morgan fingerprint density at radius 2 is 1.62 bits per heavy atom. The molecule has 0 heterocycles. The normalized spacial score (nSPS) is 11.8. The van der Waals surface area contributed by atoms with E-state index in [9.17, 15) is 4.79 Å². The molecule has 0 radical (unpaired) electrons. The van der Waals surface area contributed by atoms with Gasteiger partial charge in [-0.15, -0.1) is 0 Å². The molecule has 0 saturated heterocycles. The first-order valence-electron chi connectivity index (χ1n) is 9.03. The minimum atomic E-state index is -0.285. The second-order valence-corrected chi connectivity index (χ2v) is 5.85. The van der Waals surface area contributed by atoms with Crippen LogP contribution in [0.25, 0.3) is 0 Å². The lowest BCUT2D eigenvalue weighted by molar-refractivity contribution is -0.126. The predicted octanol–water partition coefficient (Wildman–Crippen LogP) is 3.27. The molecule has 140 valence electrons. The summed E-state index contributed by atoms with van der Waals surface area (Å²) in [6.45, 7) is 6.63. The van der Waals surface area contributed by atoms with Gasteiger partial charge >= 0.3 is 0 Å². The fourth-order valence-electron chi connectivity index (χ4n) is 2.86. The topological polar surface area (TPSA) is 50.8 Å². The number of nitrogens with one attached hydrogen (secondary N) is 1. The van der Waals surface area contributed by atoms with Crippen molar-refractivity contribution in [3.8, 4) is 11.5 Å². The molecule has 1 N–H and O–H groups in total. The lowest BCUT2D eigenvalue weighted by Crippen LogP contribution is -2.41. The predicted molar refractivity (Wildman–Crippen MR) is 104 cm³/mol. The summed E-state index contributed by atoms with van der Waals surface area (Å²) in [6.07, 6.45) is 0. The van der Waals surface area contributed by atoms with Crippen LogP contribution in [-0.2, 0) is 4.79 Å². The summed E-state index contributed by atoms with van der Waals surface area (Å²) in [5, 5.41) is 2.99. The van der Waals surface area contributed by atoms with Gasteiger partial charge in [-0.3, -0.25) is 9.69 Å². The molecule has 2 aromatic carbocycles. The van der Waals surface area contributed by atoms with Gasteiger partial charge in [0.1, 0.15) is 24.1 Å². The minimum absolute atomic E-state index is 0.00164. The van der Waals surface area contributed by atoms with Gasteiger partial charge in [-0.25, -0.2) is 0 Å². The molecule has 1 atom stereocenters. The monoisotopic (exact) mass is 356 g/mol. The first-order valence-corrected chi connectivity index (χ1v) is 9.03. The second-order valence-electron chi connectivity index (χ2n) is 5.85. The van der Waals surface area contributed by atoms with Crippen LogP contribution in [0.1, 0.15) is 25.5 Å². The fraction of sp³-hybridized carbons (Fsp3) is 0.381. The van der Waals surface area contributed by atoms with Gasteiger partial charge in [0.25, 0.3) is 0 Å². The average molecular weight is 356 g/mol. The van der Waals surface area contributed by atoms with E-state index in [1.54, 1.807) is 7.11 Å². The Kier molecular flexibility index (Phi) is 7.96. The Morgan fingerprint density at radius 1 is 1.00 bits per heavy atom. The molecule has 0 bridgehead atoms. The zero-order chi connectivity index (χ0) is 18.8. The molecule has 26 heavy (non-hydrogen) atoms. The molecule has 2 aromatic rings. The summed E-state index contributed by atoms with van der Waals surface area (Å²) in [4.78, 5) is 14.9. The van der Waals surface area contributed by atoms with E-state index in [-0.39, 0.29) is 11.9 Å². The van der Waals surface area contributed by atoms with Crippen molar-refractivity contribution in [3.63, 3.8) is 0 Å². The van der Waals surface area contributed by atoms with Crippen molar-refractivity contribution in [2.45, 2.75) is 19.9 Å². The number of ether oxygens (including phenoxy) is 2. The van der Waals surface area contributed by atoms with Crippen molar-refractivity contribution in [2.24, 2.45) is 0 Å². The first-order chi connectivity index (χ1) is 12.7. The quantitative estimate of drug-likeness (QED) is 0.664. The summed E-state index contributed by atoms with van der Waals surface area (Å²) in [5.41, 5.74) is 1.00. The molecule has 0 spiro atoms. The van der Waals surface area contributed by atoms with E-state index >= 15 is 0 Å². The van der Waals surface area contributed by atoms with Crippen molar-refractivity contribution in [1.29, 1.82) is 0 Å². The highest BCUT2D eigenvalue weighted by molar-refractivity contribution is 5.83. The van der Waals surface area contributed by atoms with Crippen molar-refractivity contribution in [2.75, 3.05) is 33.4 Å². The number of methoxy groups -OCH3 is 1.